The van der Waals surface area contributed by atoms with Gasteiger partial charge in [-0.15, -0.1) is 0 Å². The zero-order valence-electron chi connectivity index (χ0n) is 8.03. The summed E-state index contributed by atoms with van der Waals surface area (Å²) < 4.78 is 10.5. The predicted molar refractivity (Wildman–Crippen MR) is 51.7 cm³/mol. The summed E-state index contributed by atoms with van der Waals surface area (Å²) in [6, 6.07) is 5.69. The van der Waals surface area contributed by atoms with Crippen LogP contribution in [-0.2, 0) is 11.2 Å². The van der Waals surface area contributed by atoms with Crippen LogP contribution in [0.1, 0.15) is 5.56 Å². The second-order valence-corrected chi connectivity index (χ2v) is 3.38. The molecular weight excluding hydrogens is 180 g/mol. The highest BCUT2D eigenvalue weighted by Crippen LogP contribution is 2.30. The molecule has 1 aromatic rings. The van der Waals surface area contributed by atoms with Gasteiger partial charge >= 0.3 is 0 Å². The van der Waals surface area contributed by atoms with E-state index in [1.807, 2.05) is 18.2 Å². The second-order valence-electron chi connectivity index (χ2n) is 3.38. The van der Waals surface area contributed by atoms with E-state index >= 15 is 0 Å². The molecule has 3 nitrogen and oxygen atoms in total. The number of carbonyl (C=O) groups excluding carboxylic acids is 1. The Bertz CT molecular complexity index is 346. The molecule has 3 heteroatoms. The maximum absolute atomic E-state index is 10.6. The van der Waals surface area contributed by atoms with Crippen molar-refractivity contribution in [3.05, 3.63) is 23.8 Å². The van der Waals surface area contributed by atoms with E-state index in [1.54, 1.807) is 7.11 Å². The molecule has 0 unspecified atom stereocenters. The van der Waals surface area contributed by atoms with Crippen LogP contribution < -0.4 is 9.47 Å². The lowest BCUT2D eigenvalue weighted by atomic mass is 9.98. The Morgan fingerprint density at radius 1 is 1.57 bits per heavy atom. The van der Waals surface area contributed by atoms with Crippen LogP contribution in [0.5, 0.6) is 11.5 Å². The minimum absolute atomic E-state index is 0.00380. The van der Waals surface area contributed by atoms with E-state index in [2.05, 4.69) is 0 Å². The van der Waals surface area contributed by atoms with Gasteiger partial charge in [0, 0.05) is 6.07 Å². The van der Waals surface area contributed by atoms with Gasteiger partial charge in [0.05, 0.1) is 19.6 Å². The highest BCUT2D eigenvalue weighted by atomic mass is 16.5. The van der Waals surface area contributed by atoms with Crippen molar-refractivity contribution in [2.75, 3.05) is 13.7 Å². The molecule has 0 fully saturated rings. The molecule has 0 amide bonds. The number of hydrogen-bond acceptors (Lipinski definition) is 3. The highest BCUT2D eigenvalue weighted by Gasteiger charge is 2.19. The fourth-order valence-corrected chi connectivity index (χ4v) is 1.59. The zero-order chi connectivity index (χ0) is 9.97. The minimum atomic E-state index is -0.00380. The number of hydrogen-bond donors (Lipinski definition) is 0. The summed E-state index contributed by atoms with van der Waals surface area (Å²) in [5.74, 6) is 1.62. The summed E-state index contributed by atoms with van der Waals surface area (Å²) in [6.45, 7) is 0.476. The van der Waals surface area contributed by atoms with Crippen LogP contribution in [0.25, 0.3) is 0 Å². The molecule has 0 saturated heterocycles. The molecule has 0 bridgehead atoms. The molecule has 2 rings (SSSR count). The van der Waals surface area contributed by atoms with Crippen molar-refractivity contribution in [3.63, 3.8) is 0 Å². The Balaban J connectivity index is 2.27. The van der Waals surface area contributed by atoms with Crippen molar-refractivity contribution in [2.24, 2.45) is 5.92 Å². The normalized spacial score (nSPS) is 19.4. The van der Waals surface area contributed by atoms with Gasteiger partial charge in [-0.25, -0.2) is 0 Å². The number of ether oxygens (including phenoxy) is 2. The van der Waals surface area contributed by atoms with Gasteiger partial charge in [-0.2, -0.15) is 0 Å². The third-order valence-electron chi connectivity index (χ3n) is 2.40. The lowest BCUT2D eigenvalue weighted by molar-refractivity contribution is -0.112. The van der Waals surface area contributed by atoms with E-state index < -0.39 is 0 Å². The predicted octanol–water partition coefficient (Wildman–Crippen LogP) is 1.45. The Kier molecular flexibility index (Phi) is 2.39. The standard InChI is InChI=1S/C11H12O3/c1-13-10-3-2-9-4-8(6-12)7-14-11(9)5-10/h2-3,5-6,8H,4,7H2,1H3/t8-/m1/s1. The lowest BCUT2D eigenvalue weighted by Gasteiger charge is -2.21. The molecule has 0 radical (unpaired) electrons. The van der Waals surface area contributed by atoms with Gasteiger partial charge in [0.15, 0.2) is 0 Å². The Morgan fingerprint density at radius 2 is 2.43 bits per heavy atom. The van der Waals surface area contributed by atoms with E-state index in [-0.39, 0.29) is 5.92 Å². The minimum Gasteiger partial charge on any atom is -0.497 e. The molecule has 74 valence electrons. The highest BCUT2D eigenvalue weighted by molar-refractivity contribution is 5.56. The third kappa shape index (κ3) is 1.58. The van der Waals surface area contributed by atoms with Crippen LogP contribution in [0.3, 0.4) is 0 Å². The number of benzene rings is 1. The van der Waals surface area contributed by atoms with E-state index in [9.17, 15) is 4.79 Å². The van der Waals surface area contributed by atoms with Crippen molar-refractivity contribution in [2.45, 2.75) is 6.42 Å². The van der Waals surface area contributed by atoms with Crippen molar-refractivity contribution in [3.8, 4) is 11.5 Å². The molecule has 1 atom stereocenters. The zero-order valence-corrected chi connectivity index (χ0v) is 8.03. The quantitative estimate of drug-likeness (QED) is 0.665. The summed E-state index contributed by atoms with van der Waals surface area (Å²) in [5.41, 5.74) is 1.08. The topological polar surface area (TPSA) is 35.5 Å². The van der Waals surface area contributed by atoms with Crippen LogP contribution in [0.15, 0.2) is 18.2 Å². The van der Waals surface area contributed by atoms with Crippen molar-refractivity contribution < 1.29 is 14.3 Å². The Hall–Kier alpha value is -1.51. The van der Waals surface area contributed by atoms with Crippen LogP contribution in [-0.4, -0.2) is 20.0 Å². The molecule has 1 heterocycles. The van der Waals surface area contributed by atoms with Gasteiger partial charge in [-0.05, 0) is 18.1 Å². The first-order chi connectivity index (χ1) is 6.83. The SMILES string of the molecule is COc1ccc2c(c1)OC[C@@H](C=O)C2. The van der Waals surface area contributed by atoms with Gasteiger partial charge in [-0.3, -0.25) is 0 Å². The first-order valence-electron chi connectivity index (χ1n) is 4.58. The average molecular weight is 192 g/mol. The van der Waals surface area contributed by atoms with E-state index in [1.165, 1.54) is 0 Å². The van der Waals surface area contributed by atoms with E-state index in [0.717, 1.165) is 29.8 Å². The summed E-state index contributed by atoms with van der Waals surface area (Å²) in [5, 5.41) is 0. The first-order valence-corrected chi connectivity index (χ1v) is 4.58. The number of carbonyl (C=O) groups is 1. The van der Waals surface area contributed by atoms with Crippen molar-refractivity contribution in [1.82, 2.24) is 0 Å². The molecule has 0 aromatic heterocycles. The van der Waals surface area contributed by atoms with Gasteiger partial charge in [0.25, 0.3) is 0 Å². The molecule has 0 N–H and O–H groups in total. The van der Waals surface area contributed by atoms with Crippen LogP contribution in [0.2, 0.25) is 0 Å². The lowest BCUT2D eigenvalue weighted by Crippen LogP contribution is -2.21. The fraction of sp³-hybridized carbons (Fsp3) is 0.364. The Labute approximate surface area is 82.6 Å². The average Bonchev–Trinajstić information content (AvgIpc) is 2.27. The molecule has 1 aliphatic heterocycles. The van der Waals surface area contributed by atoms with Gasteiger partial charge in [-0.1, -0.05) is 6.07 Å². The number of aldehydes is 1. The third-order valence-corrected chi connectivity index (χ3v) is 2.40. The smallest absolute Gasteiger partial charge is 0.126 e. The molecule has 1 aromatic carbocycles. The molecule has 0 saturated carbocycles. The molecular formula is C11H12O3. The van der Waals surface area contributed by atoms with Crippen LogP contribution in [0.4, 0.5) is 0 Å². The van der Waals surface area contributed by atoms with Gasteiger partial charge in [0.2, 0.25) is 0 Å². The summed E-state index contributed by atoms with van der Waals surface area (Å²) in [6.07, 6.45) is 1.72. The molecule has 0 aliphatic carbocycles. The van der Waals surface area contributed by atoms with Crippen LogP contribution in [0, 0.1) is 5.92 Å². The number of methoxy groups -OCH3 is 1. The van der Waals surface area contributed by atoms with Gasteiger partial charge in [0.1, 0.15) is 17.8 Å². The van der Waals surface area contributed by atoms with Crippen molar-refractivity contribution in [1.29, 1.82) is 0 Å². The maximum Gasteiger partial charge on any atom is 0.126 e. The summed E-state index contributed by atoms with van der Waals surface area (Å²) in [7, 11) is 1.62. The number of rotatable bonds is 2. The maximum atomic E-state index is 10.6. The van der Waals surface area contributed by atoms with Gasteiger partial charge < -0.3 is 14.3 Å². The van der Waals surface area contributed by atoms with E-state index in [0.29, 0.717) is 6.61 Å². The molecule has 1 aliphatic rings. The molecule has 0 spiro atoms. The fourth-order valence-electron chi connectivity index (χ4n) is 1.59. The summed E-state index contributed by atoms with van der Waals surface area (Å²) >= 11 is 0. The van der Waals surface area contributed by atoms with Crippen LogP contribution >= 0.6 is 0 Å². The summed E-state index contributed by atoms with van der Waals surface area (Å²) in [4.78, 5) is 10.6. The Morgan fingerprint density at radius 3 is 3.14 bits per heavy atom. The largest absolute Gasteiger partial charge is 0.497 e. The second kappa shape index (κ2) is 3.70. The molecule has 14 heavy (non-hydrogen) atoms. The van der Waals surface area contributed by atoms with Crippen molar-refractivity contribution >= 4 is 6.29 Å². The number of fused-ring (bicyclic) bond motifs is 1. The first kappa shape index (κ1) is 9.06. The van der Waals surface area contributed by atoms with E-state index in [4.69, 9.17) is 9.47 Å². The monoisotopic (exact) mass is 192 g/mol.